The normalized spacial score (nSPS) is 36.6. The van der Waals surface area contributed by atoms with Gasteiger partial charge in [0.05, 0.1) is 6.04 Å². The van der Waals surface area contributed by atoms with Crippen molar-refractivity contribution >= 4 is 12.1 Å². The topological polar surface area (TPSA) is 89.9 Å². The SMILES string of the molecule is O=C(O)[C@H]1N[C@H]2C[C@@H]1N(C(=O)O)C2. The number of hydrogen-bond acceptors (Lipinski definition) is 3. The molecule has 1 amide bonds. The Morgan fingerprint density at radius 1 is 1.38 bits per heavy atom. The summed E-state index contributed by atoms with van der Waals surface area (Å²) in [6, 6.07) is -1.10. The maximum atomic E-state index is 10.7. The molecule has 0 aromatic carbocycles. The first-order valence-electron chi connectivity index (χ1n) is 4.08. The second-order valence-corrected chi connectivity index (χ2v) is 3.42. The molecule has 6 heteroatoms. The molecule has 0 aliphatic carbocycles. The van der Waals surface area contributed by atoms with Gasteiger partial charge in [-0.1, -0.05) is 0 Å². The highest BCUT2D eigenvalue weighted by Gasteiger charge is 2.49. The number of hydrogen-bond donors (Lipinski definition) is 3. The smallest absolute Gasteiger partial charge is 0.407 e. The Kier molecular flexibility index (Phi) is 1.66. The summed E-state index contributed by atoms with van der Waals surface area (Å²) in [5.74, 6) is -0.974. The standard InChI is InChI=1S/C7H10N2O4/c10-6(11)5-4-1-3(8-5)2-9(4)7(12)13/h3-5,8H,1-2H2,(H,10,11)(H,12,13)/t3-,4-,5-/m0/s1. The summed E-state index contributed by atoms with van der Waals surface area (Å²) >= 11 is 0. The molecule has 2 heterocycles. The third-order valence-corrected chi connectivity index (χ3v) is 2.66. The number of nitrogens with zero attached hydrogens (tertiary/aromatic N) is 1. The van der Waals surface area contributed by atoms with E-state index in [-0.39, 0.29) is 12.1 Å². The Morgan fingerprint density at radius 3 is 2.54 bits per heavy atom. The fraction of sp³-hybridized carbons (Fsp3) is 0.714. The molecule has 0 saturated carbocycles. The summed E-state index contributed by atoms with van der Waals surface area (Å²) < 4.78 is 0. The van der Waals surface area contributed by atoms with Crippen LogP contribution in [0.2, 0.25) is 0 Å². The number of carbonyl (C=O) groups is 2. The average Bonchev–Trinajstić information content (AvgIpc) is 2.60. The Labute approximate surface area is 74.1 Å². The fourth-order valence-corrected chi connectivity index (χ4v) is 2.12. The second kappa shape index (κ2) is 2.59. The van der Waals surface area contributed by atoms with E-state index >= 15 is 0 Å². The van der Waals surface area contributed by atoms with Gasteiger partial charge in [0.2, 0.25) is 0 Å². The van der Waals surface area contributed by atoms with E-state index in [1.807, 2.05) is 0 Å². The van der Waals surface area contributed by atoms with E-state index in [1.165, 1.54) is 4.90 Å². The van der Waals surface area contributed by atoms with Crippen LogP contribution in [-0.4, -0.2) is 51.8 Å². The lowest BCUT2D eigenvalue weighted by molar-refractivity contribution is -0.140. The second-order valence-electron chi connectivity index (χ2n) is 3.42. The van der Waals surface area contributed by atoms with Crippen LogP contribution in [0.5, 0.6) is 0 Å². The van der Waals surface area contributed by atoms with E-state index in [2.05, 4.69) is 5.32 Å². The Bertz CT molecular complexity index is 243. The van der Waals surface area contributed by atoms with Gasteiger partial charge in [-0.05, 0) is 6.42 Å². The van der Waals surface area contributed by atoms with Crippen molar-refractivity contribution in [2.75, 3.05) is 6.54 Å². The van der Waals surface area contributed by atoms with E-state index < -0.39 is 18.1 Å². The number of aliphatic carboxylic acids is 1. The van der Waals surface area contributed by atoms with Crippen LogP contribution in [0.4, 0.5) is 4.79 Å². The molecule has 0 radical (unpaired) electrons. The van der Waals surface area contributed by atoms with Crippen LogP contribution < -0.4 is 5.32 Å². The van der Waals surface area contributed by atoms with Crippen LogP contribution in [0.3, 0.4) is 0 Å². The van der Waals surface area contributed by atoms with Crippen molar-refractivity contribution in [2.24, 2.45) is 0 Å². The van der Waals surface area contributed by atoms with Gasteiger partial charge in [-0.2, -0.15) is 0 Å². The van der Waals surface area contributed by atoms with Crippen molar-refractivity contribution in [2.45, 2.75) is 24.5 Å². The summed E-state index contributed by atoms with van der Waals surface area (Å²) in [4.78, 5) is 22.6. The van der Waals surface area contributed by atoms with Gasteiger partial charge in [0.25, 0.3) is 0 Å². The number of carboxylic acid groups (broad SMARTS) is 2. The molecule has 6 nitrogen and oxygen atoms in total. The van der Waals surface area contributed by atoms with Gasteiger partial charge in [-0.25, -0.2) is 4.79 Å². The summed E-state index contributed by atoms with van der Waals surface area (Å²) in [6.07, 6.45) is -0.413. The minimum Gasteiger partial charge on any atom is -0.480 e. The van der Waals surface area contributed by atoms with Gasteiger partial charge >= 0.3 is 12.1 Å². The van der Waals surface area contributed by atoms with Crippen molar-refractivity contribution in [1.82, 2.24) is 10.2 Å². The summed E-state index contributed by atoms with van der Waals surface area (Å²) in [7, 11) is 0. The third-order valence-electron chi connectivity index (χ3n) is 2.66. The summed E-state index contributed by atoms with van der Waals surface area (Å²) in [6.45, 7) is 0.407. The molecule has 2 saturated heterocycles. The van der Waals surface area contributed by atoms with Crippen molar-refractivity contribution < 1.29 is 19.8 Å². The maximum Gasteiger partial charge on any atom is 0.407 e. The lowest BCUT2D eigenvalue weighted by atomic mass is 10.1. The molecule has 2 bridgehead atoms. The highest BCUT2D eigenvalue weighted by molar-refractivity contribution is 5.77. The summed E-state index contributed by atoms with van der Waals surface area (Å²) in [5.41, 5.74) is 0. The molecule has 0 aromatic rings. The maximum absolute atomic E-state index is 10.7. The molecule has 0 aromatic heterocycles. The van der Waals surface area contributed by atoms with Crippen molar-refractivity contribution in [3.63, 3.8) is 0 Å². The molecule has 2 fully saturated rings. The quantitative estimate of drug-likeness (QED) is 0.497. The van der Waals surface area contributed by atoms with Gasteiger partial charge < -0.3 is 15.1 Å². The minimum absolute atomic E-state index is 0.0159. The molecule has 2 rings (SSSR count). The summed E-state index contributed by atoms with van der Waals surface area (Å²) in [5, 5.41) is 20.4. The number of nitrogens with one attached hydrogen (secondary N) is 1. The molecule has 3 N–H and O–H groups in total. The number of piperazine rings is 1. The predicted octanol–water partition coefficient (Wildman–Crippen LogP) is -0.836. The van der Waals surface area contributed by atoms with Crippen LogP contribution in [0.1, 0.15) is 6.42 Å². The molecule has 3 atom stereocenters. The molecular weight excluding hydrogens is 176 g/mol. The predicted molar refractivity (Wildman–Crippen MR) is 41.5 cm³/mol. The van der Waals surface area contributed by atoms with Gasteiger partial charge in [0, 0.05) is 12.6 Å². The van der Waals surface area contributed by atoms with Crippen LogP contribution in [0.25, 0.3) is 0 Å². The molecule has 72 valence electrons. The van der Waals surface area contributed by atoms with E-state index in [4.69, 9.17) is 10.2 Å². The van der Waals surface area contributed by atoms with Crippen molar-refractivity contribution in [3.05, 3.63) is 0 Å². The molecule has 0 spiro atoms. The Morgan fingerprint density at radius 2 is 2.08 bits per heavy atom. The van der Waals surface area contributed by atoms with Crippen LogP contribution in [-0.2, 0) is 4.79 Å². The molecule has 2 aliphatic rings. The fourth-order valence-electron chi connectivity index (χ4n) is 2.12. The number of rotatable bonds is 1. The molecule has 0 unspecified atom stereocenters. The van der Waals surface area contributed by atoms with Crippen molar-refractivity contribution in [3.8, 4) is 0 Å². The van der Waals surface area contributed by atoms with E-state index in [0.29, 0.717) is 13.0 Å². The Hall–Kier alpha value is -1.30. The van der Waals surface area contributed by atoms with E-state index in [1.54, 1.807) is 0 Å². The molecule has 2 aliphatic heterocycles. The van der Waals surface area contributed by atoms with E-state index in [9.17, 15) is 9.59 Å². The highest BCUT2D eigenvalue weighted by Crippen LogP contribution is 2.27. The number of fused-ring (bicyclic) bond motifs is 2. The lowest BCUT2D eigenvalue weighted by Crippen LogP contribution is -2.55. The third kappa shape index (κ3) is 1.14. The lowest BCUT2D eigenvalue weighted by Gasteiger charge is -2.29. The number of likely N-dealkylation sites (tertiary alicyclic amines) is 1. The number of carboxylic acids is 1. The zero-order valence-corrected chi connectivity index (χ0v) is 6.80. The van der Waals surface area contributed by atoms with Gasteiger partial charge in [-0.15, -0.1) is 0 Å². The van der Waals surface area contributed by atoms with Gasteiger partial charge in [0.15, 0.2) is 0 Å². The van der Waals surface area contributed by atoms with Crippen LogP contribution in [0, 0.1) is 0 Å². The monoisotopic (exact) mass is 186 g/mol. The Balaban J connectivity index is 2.15. The number of amides is 1. The van der Waals surface area contributed by atoms with Crippen LogP contribution >= 0.6 is 0 Å². The van der Waals surface area contributed by atoms with Gasteiger partial charge in [-0.3, -0.25) is 10.1 Å². The van der Waals surface area contributed by atoms with E-state index in [0.717, 1.165) is 0 Å². The zero-order valence-electron chi connectivity index (χ0n) is 6.80. The highest BCUT2D eigenvalue weighted by atomic mass is 16.4. The minimum atomic E-state index is -1.03. The zero-order chi connectivity index (χ0) is 9.59. The first-order valence-corrected chi connectivity index (χ1v) is 4.08. The van der Waals surface area contributed by atoms with Gasteiger partial charge in [0.1, 0.15) is 6.04 Å². The first kappa shape index (κ1) is 8.31. The largest absolute Gasteiger partial charge is 0.480 e. The average molecular weight is 186 g/mol. The van der Waals surface area contributed by atoms with Crippen LogP contribution in [0.15, 0.2) is 0 Å². The van der Waals surface area contributed by atoms with Crippen molar-refractivity contribution in [1.29, 1.82) is 0 Å². The molecular formula is C7H10N2O4. The first-order chi connectivity index (χ1) is 6.09. The molecule has 13 heavy (non-hydrogen) atoms.